The van der Waals surface area contributed by atoms with Crippen LogP contribution in [0.4, 0.5) is 4.79 Å². The van der Waals surface area contributed by atoms with Gasteiger partial charge in [-0.2, -0.15) is 0 Å². The molecule has 0 bridgehead atoms. The van der Waals surface area contributed by atoms with E-state index in [4.69, 9.17) is 15.9 Å². The topological polar surface area (TPSA) is 138 Å². The lowest BCUT2D eigenvalue weighted by Crippen LogP contribution is -2.54. The molecule has 0 aromatic heterocycles. The van der Waals surface area contributed by atoms with Gasteiger partial charge in [-0.15, -0.1) is 0 Å². The normalized spacial score (nSPS) is 24.5. The molecule has 0 spiro atoms. The second-order valence-electron chi connectivity index (χ2n) is 10.3. The molecule has 3 amide bonds. The summed E-state index contributed by atoms with van der Waals surface area (Å²) >= 11 is 0. The SMILES string of the molecule is CCOC(=O)N[C@H](CC(C)(C)C)C(=O)N1CCC[C@H]1C(=O)NCC1CCC(C(=N)N)CC1. The summed E-state index contributed by atoms with van der Waals surface area (Å²) in [4.78, 5) is 39.9. The van der Waals surface area contributed by atoms with Crippen LogP contribution in [0.2, 0.25) is 0 Å². The number of hydrogen-bond acceptors (Lipinski definition) is 5. The first-order valence-electron chi connectivity index (χ1n) is 11.9. The lowest BCUT2D eigenvalue weighted by molar-refractivity contribution is -0.140. The standard InChI is InChI=1S/C23H41N5O4/c1-5-32-22(31)27-17(13-23(2,3)4)21(30)28-12-6-7-18(28)20(29)26-14-15-8-10-16(11-9-15)19(24)25/h15-18H,5-14H2,1-4H3,(H3,24,25)(H,26,29)(H,27,31)/t15?,16?,17-,18+/m1/s1. The smallest absolute Gasteiger partial charge is 0.407 e. The van der Waals surface area contributed by atoms with Crippen LogP contribution in [0.5, 0.6) is 0 Å². The van der Waals surface area contributed by atoms with Gasteiger partial charge in [0.05, 0.1) is 12.4 Å². The predicted octanol–water partition coefficient (Wildman–Crippen LogP) is 2.39. The maximum absolute atomic E-state index is 13.3. The van der Waals surface area contributed by atoms with Gasteiger partial charge in [0.15, 0.2) is 0 Å². The van der Waals surface area contributed by atoms with Crippen LogP contribution < -0.4 is 16.4 Å². The molecule has 0 radical (unpaired) electrons. The Morgan fingerprint density at radius 2 is 1.81 bits per heavy atom. The van der Waals surface area contributed by atoms with E-state index in [1.807, 2.05) is 20.8 Å². The Bertz CT molecular complexity index is 682. The largest absolute Gasteiger partial charge is 0.450 e. The second-order valence-corrected chi connectivity index (χ2v) is 10.3. The van der Waals surface area contributed by atoms with Crippen molar-refractivity contribution in [2.75, 3.05) is 19.7 Å². The Labute approximate surface area is 191 Å². The van der Waals surface area contributed by atoms with Crippen LogP contribution in [0.1, 0.15) is 72.6 Å². The average Bonchev–Trinajstić information content (AvgIpc) is 3.20. The number of nitrogens with two attached hydrogens (primary N) is 1. The zero-order valence-electron chi connectivity index (χ0n) is 20.0. The van der Waals surface area contributed by atoms with Gasteiger partial charge in [0.1, 0.15) is 12.1 Å². The fourth-order valence-electron chi connectivity index (χ4n) is 4.67. The van der Waals surface area contributed by atoms with E-state index in [2.05, 4.69) is 10.6 Å². The molecule has 0 unspecified atom stereocenters. The maximum Gasteiger partial charge on any atom is 0.407 e. The highest BCUT2D eigenvalue weighted by Gasteiger charge is 2.39. The van der Waals surface area contributed by atoms with Crippen molar-refractivity contribution in [3.05, 3.63) is 0 Å². The highest BCUT2D eigenvalue weighted by molar-refractivity contribution is 5.91. The fraction of sp³-hybridized carbons (Fsp3) is 0.826. The third-order valence-corrected chi connectivity index (χ3v) is 6.37. The molecule has 1 aliphatic heterocycles. The van der Waals surface area contributed by atoms with Crippen LogP contribution in [-0.2, 0) is 14.3 Å². The molecule has 2 fully saturated rings. The predicted molar refractivity (Wildman–Crippen MR) is 123 cm³/mol. The molecule has 2 rings (SSSR count). The number of nitrogens with zero attached hydrogens (tertiary/aromatic N) is 1. The molecule has 1 aliphatic carbocycles. The van der Waals surface area contributed by atoms with Crippen LogP contribution in [0.3, 0.4) is 0 Å². The van der Waals surface area contributed by atoms with Crippen molar-refractivity contribution < 1.29 is 19.1 Å². The molecule has 1 heterocycles. The minimum Gasteiger partial charge on any atom is -0.450 e. The van der Waals surface area contributed by atoms with Crippen molar-refractivity contribution in [1.82, 2.24) is 15.5 Å². The molecular weight excluding hydrogens is 410 g/mol. The first kappa shape index (κ1) is 25.9. The summed E-state index contributed by atoms with van der Waals surface area (Å²) in [5.41, 5.74) is 5.43. The van der Waals surface area contributed by atoms with E-state index in [1.54, 1.807) is 11.8 Å². The monoisotopic (exact) mass is 451 g/mol. The number of ether oxygens (including phenoxy) is 1. The minimum atomic E-state index is -0.732. The number of rotatable bonds is 8. The zero-order chi connectivity index (χ0) is 23.9. The van der Waals surface area contributed by atoms with Crippen molar-refractivity contribution in [2.45, 2.75) is 84.7 Å². The van der Waals surface area contributed by atoms with Crippen LogP contribution in [0.25, 0.3) is 0 Å². The summed E-state index contributed by atoms with van der Waals surface area (Å²) in [5, 5.41) is 13.3. The van der Waals surface area contributed by atoms with Gasteiger partial charge in [-0.1, -0.05) is 20.8 Å². The summed E-state index contributed by atoms with van der Waals surface area (Å²) in [6.45, 7) is 9.05. The van der Waals surface area contributed by atoms with Gasteiger partial charge in [-0.3, -0.25) is 15.0 Å². The number of amidine groups is 1. The van der Waals surface area contributed by atoms with Gasteiger partial charge >= 0.3 is 6.09 Å². The molecule has 32 heavy (non-hydrogen) atoms. The second kappa shape index (κ2) is 11.5. The Hall–Kier alpha value is -2.32. The third-order valence-electron chi connectivity index (χ3n) is 6.37. The van der Waals surface area contributed by atoms with Gasteiger partial charge in [0, 0.05) is 19.0 Å². The molecule has 5 N–H and O–H groups in total. The van der Waals surface area contributed by atoms with Crippen LogP contribution in [0, 0.1) is 22.7 Å². The van der Waals surface area contributed by atoms with E-state index in [-0.39, 0.29) is 35.6 Å². The number of carbonyl (C=O) groups is 3. The Morgan fingerprint density at radius 3 is 2.38 bits per heavy atom. The first-order valence-corrected chi connectivity index (χ1v) is 11.9. The quantitative estimate of drug-likeness (QED) is 0.332. The van der Waals surface area contributed by atoms with Gasteiger partial charge in [0.25, 0.3) is 0 Å². The Kier molecular flexibility index (Phi) is 9.33. The molecular formula is C23H41N5O4. The summed E-state index contributed by atoms with van der Waals surface area (Å²) in [6.07, 6.45) is 4.87. The van der Waals surface area contributed by atoms with E-state index in [0.29, 0.717) is 31.8 Å². The molecule has 0 aromatic carbocycles. The van der Waals surface area contributed by atoms with Crippen molar-refractivity contribution in [1.29, 1.82) is 5.41 Å². The minimum absolute atomic E-state index is 0.129. The highest BCUT2D eigenvalue weighted by Crippen LogP contribution is 2.29. The van der Waals surface area contributed by atoms with E-state index >= 15 is 0 Å². The van der Waals surface area contributed by atoms with Crippen LogP contribution in [0.15, 0.2) is 0 Å². The maximum atomic E-state index is 13.3. The van der Waals surface area contributed by atoms with Gasteiger partial charge < -0.3 is 26.0 Å². The fourth-order valence-corrected chi connectivity index (χ4v) is 4.67. The Morgan fingerprint density at radius 1 is 1.16 bits per heavy atom. The lowest BCUT2D eigenvalue weighted by atomic mass is 9.81. The van der Waals surface area contributed by atoms with Crippen LogP contribution >= 0.6 is 0 Å². The molecule has 9 nitrogen and oxygen atoms in total. The highest BCUT2D eigenvalue weighted by atomic mass is 16.5. The van der Waals surface area contributed by atoms with E-state index in [0.717, 1.165) is 32.1 Å². The number of carbonyl (C=O) groups excluding carboxylic acids is 3. The molecule has 1 saturated carbocycles. The van der Waals surface area contributed by atoms with E-state index in [1.165, 1.54) is 0 Å². The Balaban J connectivity index is 1.95. The number of alkyl carbamates (subject to hydrolysis) is 1. The summed E-state index contributed by atoms with van der Waals surface area (Å²) < 4.78 is 4.98. The number of amides is 3. The number of hydrogen-bond donors (Lipinski definition) is 4. The number of nitrogens with one attached hydrogen (secondary N) is 3. The number of likely N-dealkylation sites (tertiary alicyclic amines) is 1. The van der Waals surface area contributed by atoms with Crippen molar-refractivity contribution in [3.8, 4) is 0 Å². The van der Waals surface area contributed by atoms with Crippen molar-refractivity contribution in [2.24, 2.45) is 23.0 Å². The zero-order valence-corrected chi connectivity index (χ0v) is 20.0. The van der Waals surface area contributed by atoms with Crippen molar-refractivity contribution >= 4 is 23.7 Å². The molecule has 2 atom stereocenters. The molecule has 1 saturated heterocycles. The van der Waals surface area contributed by atoms with Gasteiger partial charge in [0.2, 0.25) is 11.8 Å². The van der Waals surface area contributed by atoms with E-state index < -0.39 is 18.2 Å². The van der Waals surface area contributed by atoms with E-state index in [9.17, 15) is 14.4 Å². The van der Waals surface area contributed by atoms with Gasteiger partial charge in [-0.25, -0.2) is 4.79 Å². The van der Waals surface area contributed by atoms with Gasteiger partial charge in [-0.05, 0) is 63.2 Å². The van der Waals surface area contributed by atoms with Crippen LogP contribution in [-0.4, -0.2) is 60.4 Å². The molecule has 2 aliphatic rings. The summed E-state index contributed by atoms with van der Waals surface area (Å²) in [5.74, 6) is 0.437. The lowest BCUT2D eigenvalue weighted by Gasteiger charge is -2.32. The molecule has 9 heteroatoms. The third kappa shape index (κ3) is 7.67. The van der Waals surface area contributed by atoms with Crippen molar-refractivity contribution in [3.63, 3.8) is 0 Å². The summed E-state index contributed by atoms with van der Waals surface area (Å²) in [7, 11) is 0. The first-order chi connectivity index (χ1) is 15.0. The average molecular weight is 452 g/mol. The molecule has 182 valence electrons. The summed E-state index contributed by atoms with van der Waals surface area (Å²) in [6, 6.07) is -1.24. The molecule has 0 aromatic rings.